The molecule has 2 aliphatic heterocycles. The molecule has 2 aromatic rings. The average molecular weight is 448 g/mol. The van der Waals surface area contributed by atoms with E-state index in [4.69, 9.17) is 0 Å². The van der Waals surface area contributed by atoms with E-state index in [9.17, 15) is 18.0 Å². The molecule has 0 saturated carbocycles. The van der Waals surface area contributed by atoms with Crippen LogP contribution >= 0.6 is 11.3 Å². The van der Waals surface area contributed by atoms with Gasteiger partial charge in [-0.3, -0.25) is 14.5 Å². The SMILES string of the molecule is CC(=O)N1c2ccc(S(=O)(=O)N3CCCCC3)cc2C[C@@H]1C(=O)NCc1cccs1. The Labute approximate surface area is 180 Å². The van der Waals surface area contributed by atoms with Crippen LogP contribution in [0, 0.1) is 0 Å². The number of rotatable bonds is 5. The van der Waals surface area contributed by atoms with Crippen molar-refractivity contribution in [3.63, 3.8) is 0 Å². The highest BCUT2D eigenvalue weighted by Gasteiger charge is 2.38. The molecule has 9 heteroatoms. The molecular formula is C21H25N3O4S2. The number of fused-ring (bicyclic) bond motifs is 1. The molecule has 1 aromatic heterocycles. The monoisotopic (exact) mass is 447 g/mol. The smallest absolute Gasteiger partial charge is 0.243 e. The van der Waals surface area contributed by atoms with Crippen LogP contribution in [0.15, 0.2) is 40.6 Å². The van der Waals surface area contributed by atoms with Crippen molar-refractivity contribution in [1.82, 2.24) is 9.62 Å². The molecule has 0 spiro atoms. The van der Waals surface area contributed by atoms with Crippen LogP contribution in [0.5, 0.6) is 0 Å². The van der Waals surface area contributed by atoms with E-state index in [1.807, 2.05) is 17.5 Å². The maximum absolute atomic E-state index is 13.0. The number of benzene rings is 1. The molecule has 0 bridgehead atoms. The van der Waals surface area contributed by atoms with E-state index >= 15 is 0 Å². The number of thiophene rings is 1. The van der Waals surface area contributed by atoms with E-state index in [0.717, 1.165) is 24.1 Å². The molecule has 1 saturated heterocycles. The number of nitrogens with zero attached hydrogens (tertiary/aromatic N) is 2. The topological polar surface area (TPSA) is 86.8 Å². The fraction of sp³-hybridized carbons (Fsp3) is 0.429. The zero-order chi connectivity index (χ0) is 21.3. The van der Waals surface area contributed by atoms with Gasteiger partial charge in [-0.2, -0.15) is 4.31 Å². The van der Waals surface area contributed by atoms with Crippen molar-refractivity contribution >= 4 is 38.9 Å². The van der Waals surface area contributed by atoms with Crippen LogP contribution in [-0.4, -0.2) is 43.7 Å². The fourth-order valence-corrected chi connectivity index (χ4v) is 6.36. The van der Waals surface area contributed by atoms with Gasteiger partial charge in [0.15, 0.2) is 0 Å². The van der Waals surface area contributed by atoms with Crippen molar-refractivity contribution < 1.29 is 18.0 Å². The summed E-state index contributed by atoms with van der Waals surface area (Å²) >= 11 is 1.55. The van der Waals surface area contributed by atoms with Crippen molar-refractivity contribution in [2.75, 3.05) is 18.0 Å². The predicted octanol–water partition coefficient (Wildman–Crippen LogP) is 2.52. The van der Waals surface area contributed by atoms with E-state index in [1.165, 1.54) is 16.1 Å². The molecule has 1 atom stereocenters. The lowest BCUT2D eigenvalue weighted by Crippen LogP contribution is -2.47. The van der Waals surface area contributed by atoms with Crippen molar-refractivity contribution in [3.05, 3.63) is 46.2 Å². The Morgan fingerprint density at radius 2 is 1.93 bits per heavy atom. The second kappa shape index (κ2) is 8.49. The first kappa shape index (κ1) is 21.0. The van der Waals surface area contributed by atoms with E-state index in [-0.39, 0.29) is 16.7 Å². The third-order valence-corrected chi connectivity index (χ3v) is 8.42. The van der Waals surface area contributed by atoms with E-state index < -0.39 is 16.1 Å². The minimum absolute atomic E-state index is 0.228. The van der Waals surface area contributed by atoms with Gasteiger partial charge in [0.2, 0.25) is 21.8 Å². The quantitative estimate of drug-likeness (QED) is 0.763. The molecule has 0 unspecified atom stereocenters. The van der Waals surface area contributed by atoms with Crippen molar-refractivity contribution in [3.8, 4) is 0 Å². The number of hydrogen-bond acceptors (Lipinski definition) is 5. The molecule has 1 N–H and O–H groups in total. The first-order chi connectivity index (χ1) is 14.4. The number of amides is 2. The van der Waals surface area contributed by atoms with Gasteiger partial charge in [-0.05, 0) is 48.1 Å². The first-order valence-corrected chi connectivity index (χ1v) is 12.4. The third-order valence-electron chi connectivity index (χ3n) is 5.65. The van der Waals surface area contributed by atoms with Crippen molar-refractivity contribution in [2.45, 2.75) is 50.1 Å². The summed E-state index contributed by atoms with van der Waals surface area (Å²) < 4.78 is 27.6. The average Bonchev–Trinajstić information content (AvgIpc) is 3.39. The molecule has 1 fully saturated rings. The molecule has 1 aromatic carbocycles. The summed E-state index contributed by atoms with van der Waals surface area (Å²) in [4.78, 5) is 27.9. The van der Waals surface area contributed by atoms with Gasteiger partial charge >= 0.3 is 0 Å². The molecule has 3 heterocycles. The van der Waals surface area contributed by atoms with Gasteiger partial charge in [0.05, 0.1) is 11.4 Å². The number of hydrogen-bond donors (Lipinski definition) is 1. The van der Waals surface area contributed by atoms with Crippen LogP contribution < -0.4 is 10.2 Å². The summed E-state index contributed by atoms with van der Waals surface area (Å²) in [5, 5.41) is 4.84. The number of carbonyl (C=O) groups is 2. The standard InChI is InChI=1S/C21H25N3O4S2/c1-15(25)24-19-8-7-18(30(27,28)23-9-3-2-4-10-23)12-16(19)13-20(24)21(26)22-14-17-6-5-11-29-17/h5-8,11-12,20H,2-4,9-10,13-14H2,1H3,(H,22,26)/t20-/m1/s1. The van der Waals surface area contributed by atoms with Gasteiger partial charge < -0.3 is 5.32 Å². The summed E-state index contributed by atoms with van der Waals surface area (Å²) in [7, 11) is -3.57. The fourth-order valence-electron chi connectivity index (χ4n) is 4.15. The van der Waals surface area contributed by atoms with Gasteiger partial charge in [0.25, 0.3) is 0 Å². The third kappa shape index (κ3) is 4.01. The minimum atomic E-state index is -3.57. The molecule has 2 amide bonds. The Hall–Kier alpha value is -2.23. The minimum Gasteiger partial charge on any atom is -0.349 e. The lowest BCUT2D eigenvalue weighted by Gasteiger charge is -2.26. The maximum atomic E-state index is 13.0. The van der Waals surface area contributed by atoms with Crippen molar-refractivity contribution in [2.24, 2.45) is 0 Å². The van der Waals surface area contributed by atoms with Gasteiger partial charge in [-0.25, -0.2) is 8.42 Å². The summed E-state index contributed by atoms with van der Waals surface area (Å²) in [6.45, 7) is 2.90. The van der Waals surface area contributed by atoms with Gasteiger partial charge in [-0.15, -0.1) is 11.3 Å². The predicted molar refractivity (Wildman–Crippen MR) is 116 cm³/mol. The van der Waals surface area contributed by atoms with Gasteiger partial charge in [0.1, 0.15) is 6.04 Å². The summed E-state index contributed by atoms with van der Waals surface area (Å²) in [5.74, 6) is -0.480. The highest BCUT2D eigenvalue weighted by Crippen LogP contribution is 2.35. The Balaban J connectivity index is 1.57. The van der Waals surface area contributed by atoms with E-state index in [1.54, 1.807) is 29.5 Å². The largest absolute Gasteiger partial charge is 0.349 e. The molecular weight excluding hydrogens is 422 g/mol. The number of anilines is 1. The first-order valence-electron chi connectivity index (χ1n) is 10.1. The Morgan fingerprint density at radius 1 is 1.17 bits per heavy atom. The lowest BCUT2D eigenvalue weighted by molar-refractivity contribution is -0.125. The van der Waals surface area contributed by atoms with Gasteiger partial charge in [0, 0.05) is 37.0 Å². The molecule has 0 radical (unpaired) electrons. The summed E-state index contributed by atoms with van der Waals surface area (Å²) in [5.41, 5.74) is 1.32. The second-order valence-electron chi connectivity index (χ2n) is 7.66. The zero-order valence-electron chi connectivity index (χ0n) is 16.8. The highest BCUT2D eigenvalue weighted by atomic mass is 32.2. The summed E-state index contributed by atoms with van der Waals surface area (Å²) in [6.07, 6.45) is 3.09. The normalized spacial score (nSPS) is 19.5. The lowest BCUT2D eigenvalue weighted by atomic mass is 10.1. The van der Waals surface area contributed by atoms with Crippen LogP contribution in [0.1, 0.15) is 36.6 Å². The number of sulfonamides is 1. The van der Waals surface area contributed by atoms with E-state index in [0.29, 0.717) is 37.3 Å². The van der Waals surface area contributed by atoms with Crippen LogP contribution in [0.3, 0.4) is 0 Å². The van der Waals surface area contributed by atoms with Crippen molar-refractivity contribution in [1.29, 1.82) is 0 Å². The Bertz CT molecular complexity index is 1040. The highest BCUT2D eigenvalue weighted by molar-refractivity contribution is 7.89. The molecule has 4 rings (SSSR count). The van der Waals surface area contributed by atoms with Gasteiger partial charge in [-0.1, -0.05) is 12.5 Å². The van der Waals surface area contributed by atoms with Crippen LogP contribution in [0.4, 0.5) is 5.69 Å². The molecule has 0 aliphatic carbocycles. The number of carbonyl (C=O) groups excluding carboxylic acids is 2. The molecule has 7 nitrogen and oxygen atoms in total. The van der Waals surface area contributed by atoms with Crippen LogP contribution in [-0.2, 0) is 32.6 Å². The molecule has 30 heavy (non-hydrogen) atoms. The van der Waals surface area contributed by atoms with E-state index in [2.05, 4.69) is 5.32 Å². The van der Waals surface area contributed by atoms with Crippen LogP contribution in [0.2, 0.25) is 0 Å². The second-order valence-corrected chi connectivity index (χ2v) is 10.6. The molecule has 2 aliphatic rings. The number of nitrogens with one attached hydrogen (secondary N) is 1. The Kier molecular flexibility index (Phi) is 5.95. The maximum Gasteiger partial charge on any atom is 0.243 e. The Morgan fingerprint density at radius 3 is 2.60 bits per heavy atom. The molecule has 160 valence electrons. The summed E-state index contributed by atoms with van der Waals surface area (Å²) in [6, 6.07) is 8.01. The number of piperidine rings is 1. The van der Waals surface area contributed by atoms with Crippen LogP contribution in [0.25, 0.3) is 0 Å². The zero-order valence-corrected chi connectivity index (χ0v) is 18.5.